The monoisotopic (exact) mass is 449 g/mol. The third-order valence-corrected chi connectivity index (χ3v) is 5.61. The molecule has 1 fully saturated rings. The third-order valence-electron chi connectivity index (χ3n) is 5.61. The SMILES string of the molecule is Cc1nn(CC(=O)N2CCO[C@H](c3nc(-c4cccc(C(F)(F)F)c4)no3)C2)c(C)c1C. The zero-order valence-electron chi connectivity index (χ0n) is 17.8. The quantitative estimate of drug-likeness (QED) is 0.606. The van der Waals surface area contributed by atoms with Crippen molar-refractivity contribution in [2.75, 3.05) is 19.7 Å². The Morgan fingerprint density at radius 3 is 2.72 bits per heavy atom. The minimum absolute atomic E-state index is 0.0243. The molecule has 0 unspecified atom stereocenters. The molecule has 1 aliphatic rings. The summed E-state index contributed by atoms with van der Waals surface area (Å²) in [7, 11) is 0. The molecule has 0 saturated carbocycles. The second-order valence-electron chi connectivity index (χ2n) is 7.69. The highest BCUT2D eigenvalue weighted by Crippen LogP contribution is 2.32. The first-order chi connectivity index (χ1) is 15.1. The lowest BCUT2D eigenvalue weighted by Crippen LogP contribution is -2.44. The highest BCUT2D eigenvalue weighted by Gasteiger charge is 2.32. The summed E-state index contributed by atoms with van der Waals surface area (Å²) in [6.45, 7) is 6.75. The molecule has 2 aromatic heterocycles. The molecule has 0 spiro atoms. The van der Waals surface area contributed by atoms with Gasteiger partial charge in [0.15, 0.2) is 6.10 Å². The number of carbonyl (C=O) groups excluding carboxylic acids is 1. The van der Waals surface area contributed by atoms with Crippen molar-refractivity contribution in [2.24, 2.45) is 0 Å². The maximum atomic E-state index is 13.0. The van der Waals surface area contributed by atoms with Gasteiger partial charge in [-0.1, -0.05) is 17.3 Å². The topological polar surface area (TPSA) is 86.3 Å². The molecule has 1 amide bonds. The normalized spacial score (nSPS) is 17.1. The molecule has 3 heterocycles. The molecule has 11 heteroatoms. The summed E-state index contributed by atoms with van der Waals surface area (Å²) in [5.41, 5.74) is 2.24. The van der Waals surface area contributed by atoms with Gasteiger partial charge in [0.1, 0.15) is 6.54 Å². The molecular weight excluding hydrogens is 427 g/mol. The van der Waals surface area contributed by atoms with Gasteiger partial charge in [-0.15, -0.1) is 0 Å². The number of rotatable bonds is 4. The number of benzene rings is 1. The number of halogens is 3. The fourth-order valence-corrected chi connectivity index (χ4v) is 3.51. The number of aryl methyl sites for hydroxylation is 1. The summed E-state index contributed by atoms with van der Waals surface area (Å²) in [5, 5.41) is 8.20. The van der Waals surface area contributed by atoms with Crippen LogP contribution in [-0.4, -0.2) is 50.4 Å². The average Bonchev–Trinajstić information content (AvgIpc) is 3.35. The van der Waals surface area contributed by atoms with Gasteiger partial charge in [-0.3, -0.25) is 9.48 Å². The molecular formula is C21H22F3N5O3. The summed E-state index contributed by atoms with van der Waals surface area (Å²) in [5.74, 6) is 0.00894. The van der Waals surface area contributed by atoms with E-state index in [0.29, 0.717) is 6.54 Å². The van der Waals surface area contributed by atoms with E-state index in [2.05, 4.69) is 15.2 Å². The van der Waals surface area contributed by atoms with E-state index in [9.17, 15) is 18.0 Å². The molecule has 0 radical (unpaired) electrons. The van der Waals surface area contributed by atoms with E-state index >= 15 is 0 Å². The number of nitrogens with zero attached hydrogens (tertiary/aromatic N) is 5. The molecule has 0 N–H and O–H groups in total. The van der Waals surface area contributed by atoms with Gasteiger partial charge in [0.05, 0.1) is 24.4 Å². The van der Waals surface area contributed by atoms with Crippen LogP contribution < -0.4 is 0 Å². The molecule has 0 bridgehead atoms. The van der Waals surface area contributed by atoms with Crippen molar-refractivity contribution in [1.29, 1.82) is 0 Å². The van der Waals surface area contributed by atoms with E-state index in [1.54, 1.807) is 9.58 Å². The molecule has 1 atom stereocenters. The smallest absolute Gasteiger partial charge is 0.365 e. The first-order valence-corrected chi connectivity index (χ1v) is 10.0. The van der Waals surface area contributed by atoms with Gasteiger partial charge in [-0.05, 0) is 38.5 Å². The summed E-state index contributed by atoms with van der Waals surface area (Å²) < 4.78 is 51.5. The first-order valence-electron chi connectivity index (χ1n) is 10.0. The lowest BCUT2D eigenvalue weighted by molar-refractivity contribution is -0.141. The van der Waals surface area contributed by atoms with Crippen LogP contribution in [0.5, 0.6) is 0 Å². The van der Waals surface area contributed by atoms with Gasteiger partial charge in [0.2, 0.25) is 11.7 Å². The Balaban J connectivity index is 1.47. The number of aromatic nitrogens is 4. The highest BCUT2D eigenvalue weighted by atomic mass is 19.4. The number of ether oxygens (including phenoxy) is 1. The predicted octanol–water partition coefficient (Wildman–Crippen LogP) is 3.48. The number of amides is 1. The number of hydrogen-bond acceptors (Lipinski definition) is 6. The van der Waals surface area contributed by atoms with Gasteiger partial charge < -0.3 is 14.2 Å². The maximum absolute atomic E-state index is 13.0. The van der Waals surface area contributed by atoms with Crippen LogP contribution in [0.2, 0.25) is 0 Å². The van der Waals surface area contributed by atoms with E-state index < -0.39 is 17.8 Å². The van der Waals surface area contributed by atoms with Crippen molar-refractivity contribution in [3.63, 3.8) is 0 Å². The predicted molar refractivity (Wildman–Crippen MR) is 106 cm³/mol. The summed E-state index contributed by atoms with van der Waals surface area (Å²) >= 11 is 0. The van der Waals surface area contributed by atoms with Gasteiger partial charge >= 0.3 is 6.18 Å². The molecule has 170 valence electrons. The molecule has 1 aromatic carbocycles. The van der Waals surface area contributed by atoms with Gasteiger partial charge in [0, 0.05) is 17.8 Å². The van der Waals surface area contributed by atoms with E-state index in [1.807, 2.05) is 20.8 Å². The third kappa shape index (κ3) is 4.38. The van der Waals surface area contributed by atoms with Gasteiger partial charge in [-0.2, -0.15) is 23.3 Å². The van der Waals surface area contributed by atoms with E-state index in [-0.39, 0.29) is 42.9 Å². The molecule has 0 aliphatic carbocycles. The second kappa shape index (κ2) is 8.38. The van der Waals surface area contributed by atoms with Crippen LogP contribution in [0.1, 0.15) is 34.5 Å². The van der Waals surface area contributed by atoms with Crippen LogP contribution in [0.3, 0.4) is 0 Å². The van der Waals surface area contributed by atoms with Crippen molar-refractivity contribution in [3.8, 4) is 11.4 Å². The molecule has 3 aromatic rings. The van der Waals surface area contributed by atoms with Gasteiger partial charge in [0.25, 0.3) is 5.89 Å². The lowest BCUT2D eigenvalue weighted by Gasteiger charge is -2.31. The molecule has 32 heavy (non-hydrogen) atoms. The average molecular weight is 449 g/mol. The number of hydrogen-bond donors (Lipinski definition) is 0. The Hall–Kier alpha value is -3.21. The molecule has 4 rings (SSSR count). The zero-order chi connectivity index (χ0) is 23.0. The maximum Gasteiger partial charge on any atom is 0.416 e. The molecule has 8 nitrogen and oxygen atoms in total. The van der Waals surface area contributed by atoms with E-state index in [1.165, 1.54) is 12.1 Å². The van der Waals surface area contributed by atoms with Crippen LogP contribution in [0, 0.1) is 20.8 Å². The Morgan fingerprint density at radius 1 is 1.25 bits per heavy atom. The fourth-order valence-electron chi connectivity index (χ4n) is 3.51. The number of morpholine rings is 1. The molecule has 1 aliphatic heterocycles. The highest BCUT2D eigenvalue weighted by molar-refractivity contribution is 5.76. The van der Waals surface area contributed by atoms with Gasteiger partial charge in [-0.25, -0.2) is 0 Å². The van der Waals surface area contributed by atoms with Crippen LogP contribution in [0.4, 0.5) is 13.2 Å². The van der Waals surface area contributed by atoms with Crippen LogP contribution in [0.25, 0.3) is 11.4 Å². The Labute approximate surface area is 182 Å². The van der Waals surface area contributed by atoms with Crippen molar-refractivity contribution >= 4 is 5.91 Å². The number of alkyl halides is 3. The minimum Gasteiger partial charge on any atom is -0.365 e. The second-order valence-corrected chi connectivity index (χ2v) is 7.69. The van der Waals surface area contributed by atoms with Crippen molar-refractivity contribution in [2.45, 2.75) is 39.6 Å². The van der Waals surface area contributed by atoms with Crippen LogP contribution >= 0.6 is 0 Å². The zero-order valence-corrected chi connectivity index (χ0v) is 17.8. The molecule has 1 saturated heterocycles. The summed E-state index contributed by atoms with van der Waals surface area (Å²) in [4.78, 5) is 18.7. The Bertz CT molecular complexity index is 1140. The van der Waals surface area contributed by atoms with Crippen LogP contribution in [0.15, 0.2) is 28.8 Å². The standard InChI is InChI=1S/C21H22F3N5O3/c1-12-13(2)26-29(14(12)3)11-18(30)28-7-8-31-17(10-28)20-25-19(27-32-20)15-5-4-6-16(9-15)21(22,23)24/h4-6,9,17H,7-8,10-11H2,1-3H3/t17-/m0/s1. The Kier molecular flexibility index (Phi) is 5.76. The number of carbonyl (C=O) groups is 1. The van der Waals surface area contributed by atoms with E-state index in [4.69, 9.17) is 9.26 Å². The van der Waals surface area contributed by atoms with Crippen LogP contribution in [-0.2, 0) is 22.3 Å². The largest absolute Gasteiger partial charge is 0.416 e. The van der Waals surface area contributed by atoms with E-state index in [0.717, 1.165) is 29.1 Å². The first kappa shape index (κ1) is 22.0. The van der Waals surface area contributed by atoms with Crippen molar-refractivity contribution < 1.29 is 27.2 Å². The van der Waals surface area contributed by atoms with Crippen molar-refractivity contribution in [3.05, 3.63) is 52.7 Å². The summed E-state index contributed by atoms with van der Waals surface area (Å²) in [6, 6.07) is 4.69. The lowest BCUT2D eigenvalue weighted by atomic mass is 10.1. The van der Waals surface area contributed by atoms with Crippen molar-refractivity contribution in [1.82, 2.24) is 24.8 Å². The minimum atomic E-state index is -4.47. The summed E-state index contributed by atoms with van der Waals surface area (Å²) in [6.07, 6.45) is -5.14. The fraction of sp³-hybridized carbons (Fsp3) is 0.429. The Morgan fingerprint density at radius 2 is 2.03 bits per heavy atom.